The van der Waals surface area contributed by atoms with Gasteiger partial charge in [-0.05, 0) is 81.2 Å². The normalized spacial score (nSPS) is 17.8. The van der Waals surface area contributed by atoms with Gasteiger partial charge >= 0.3 is 5.97 Å². The zero-order valence-corrected chi connectivity index (χ0v) is 15.8. The van der Waals surface area contributed by atoms with Crippen molar-refractivity contribution in [2.45, 2.75) is 59.9 Å². The molecule has 0 bridgehead atoms. The van der Waals surface area contributed by atoms with Gasteiger partial charge in [-0.1, -0.05) is 6.92 Å². The summed E-state index contributed by atoms with van der Waals surface area (Å²) >= 11 is 0. The first-order valence-corrected chi connectivity index (χ1v) is 8.97. The van der Waals surface area contributed by atoms with Crippen molar-refractivity contribution in [3.05, 3.63) is 28.3 Å². The molecule has 0 saturated heterocycles. The molecule has 2 atom stereocenters. The molecule has 0 saturated carbocycles. The number of carbonyl (C=O) groups excluding carboxylic acids is 1. The minimum Gasteiger partial charge on any atom is -0.482 e. The van der Waals surface area contributed by atoms with Crippen LogP contribution >= 0.6 is 0 Å². The zero-order chi connectivity index (χ0) is 18.7. The lowest BCUT2D eigenvalue weighted by Crippen LogP contribution is -2.39. The van der Waals surface area contributed by atoms with Crippen LogP contribution in [0.5, 0.6) is 5.75 Å². The van der Waals surface area contributed by atoms with Gasteiger partial charge in [0.15, 0.2) is 6.61 Å². The molecule has 1 aromatic carbocycles. The number of aryl methyl sites for hydroxylation is 1. The third kappa shape index (κ3) is 4.53. The van der Waals surface area contributed by atoms with Crippen molar-refractivity contribution >= 4 is 11.9 Å². The molecule has 2 unspecified atom stereocenters. The van der Waals surface area contributed by atoms with E-state index in [0.29, 0.717) is 11.7 Å². The summed E-state index contributed by atoms with van der Waals surface area (Å²) in [4.78, 5) is 23.2. The van der Waals surface area contributed by atoms with Crippen LogP contribution in [0, 0.1) is 25.7 Å². The van der Waals surface area contributed by atoms with E-state index in [4.69, 9.17) is 9.84 Å². The van der Waals surface area contributed by atoms with Crippen LogP contribution in [0.1, 0.15) is 49.4 Å². The van der Waals surface area contributed by atoms with Gasteiger partial charge in [0.05, 0.1) is 0 Å². The fourth-order valence-corrected chi connectivity index (χ4v) is 3.67. The maximum absolute atomic E-state index is 12.4. The molecule has 0 spiro atoms. The number of fused-ring (bicyclic) bond motifs is 1. The molecule has 5 heteroatoms. The molecule has 0 fully saturated rings. The first-order valence-electron chi connectivity index (χ1n) is 8.97. The number of nitrogens with one attached hydrogen (secondary N) is 1. The summed E-state index contributed by atoms with van der Waals surface area (Å²) < 4.78 is 5.46. The Labute approximate surface area is 149 Å². The third-order valence-electron chi connectivity index (χ3n) is 5.14. The number of hydrogen-bond acceptors (Lipinski definition) is 3. The Morgan fingerprint density at radius 2 is 1.96 bits per heavy atom. The predicted molar refractivity (Wildman–Crippen MR) is 97.0 cm³/mol. The van der Waals surface area contributed by atoms with E-state index in [-0.39, 0.29) is 24.5 Å². The summed E-state index contributed by atoms with van der Waals surface area (Å²) in [6.45, 7) is 9.63. The molecule has 0 aliphatic heterocycles. The average molecular weight is 347 g/mol. The van der Waals surface area contributed by atoms with Crippen LogP contribution in [0.4, 0.5) is 0 Å². The average Bonchev–Trinajstić information content (AvgIpc) is 2.54. The van der Waals surface area contributed by atoms with Crippen LogP contribution in [0.15, 0.2) is 6.07 Å². The topological polar surface area (TPSA) is 75.6 Å². The highest BCUT2D eigenvalue weighted by molar-refractivity contribution is 5.79. The monoisotopic (exact) mass is 347 g/mol. The first kappa shape index (κ1) is 19.3. The summed E-state index contributed by atoms with van der Waals surface area (Å²) in [7, 11) is 0. The second-order valence-electron chi connectivity index (χ2n) is 7.41. The highest BCUT2D eigenvalue weighted by atomic mass is 16.5. The van der Waals surface area contributed by atoms with Gasteiger partial charge in [0, 0.05) is 12.0 Å². The van der Waals surface area contributed by atoms with E-state index in [1.165, 1.54) is 11.1 Å². The van der Waals surface area contributed by atoms with Gasteiger partial charge in [-0.3, -0.25) is 4.79 Å². The number of hydrogen-bond donors (Lipinski definition) is 2. The molecular formula is C20H29NO4. The van der Waals surface area contributed by atoms with Crippen molar-refractivity contribution in [3.8, 4) is 5.75 Å². The molecule has 1 aliphatic carbocycles. The van der Waals surface area contributed by atoms with Crippen LogP contribution in [0.25, 0.3) is 0 Å². The summed E-state index contributed by atoms with van der Waals surface area (Å²) in [5.41, 5.74) is 4.69. The summed E-state index contributed by atoms with van der Waals surface area (Å²) in [5.74, 6) is 0.0132. The highest BCUT2D eigenvalue weighted by Gasteiger charge is 2.30. The number of carboxylic acids is 1. The number of rotatable bonds is 6. The SMILES string of the molecule is Cc1cc(OCC(=O)O)c(C)c2c1CCC(C(C)C(=O)NC(C)C)C2. The van der Waals surface area contributed by atoms with Crippen molar-refractivity contribution in [1.29, 1.82) is 0 Å². The molecule has 2 rings (SSSR count). The fraction of sp³-hybridized carbons (Fsp3) is 0.600. The van der Waals surface area contributed by atoms with E-state index in [0.717, 1.165) is 30.4 Å². The standard InChI is InChI=1S/C20H29NO4/c1-11(2)21-20(24)13(4)15-6-7-16-12(3)8-18(25-10-19(22)23)14(5)17(16)9-15/h8,11,13,15H,6-7,9-10H2,1-5H3,(H,21,24)(H,22,23). The summed E-state index contributed by atoms with van der Waals surface area (Å²) in [6, 6.07) is 2.08. The van der Waals surface area contributed by atoms with Gasteiger partial charge in [-0.2, -0.15) is 0 Å². The fourth-order valence-electron chi connectivity index (χ4n) is 3.67. The molecule has 1 aromatic rings. The van der Waals surface area contributed by atoms with Gasteiger partial charge in [0.25, 0.3) is 0 Å². The molecule has 1 amide bonds. The lowest BCUT2D eigenvalue weighted by molar-refractivity contribution is -0.139. The van der Waals surface area contributed by atoms with Crippen LogP contribution < -0.4 is 10.1 Å². The highest BCUT2D eigenvalue weighted by Crippen LogP contribution is 2.37. The Bertz CT molecular complexity index is 666. The second kappa shape index (κ2) is 7.89. The van der Waals surface area contributed by atoms with Crippen LogP contribution in [0.3, 0.4) is 0 Å². The zero-order valence-electron chi connectivity index (χ0n) is 15.8. The van der Waals surface area contributed by atoms with E-state index >= 15 is 0 Å². The third-order valence-corrected chi connectivity index (χ3v) is 5.14. The molecular weight excluding hydrogens is 318 g/mol. The molecule has 25 heavy (non-hydrogen) atoms. The van der Waals surface area contributed by atoms with E-state index in [2.05, 4.69) is 5.32 Å². The van der Waals surface area contributed by atoms with Crippen molar-refractivity contribution in [2.75, 3.05) is 6.61 Å². The van der Waals surface area contributed by atoms with Gasteiger partial charge in [0.1, 0.15) is 5.75 Å². The minimum absolute atomic E-state index is 0.0427. The Hall–Kier alpha value is -2.04. The maximum Gasteiger partial charge on any atom is 0.341 e. The Morgan fingerprint density at radius 1 is 1.28 bits per heavy atom. The van der Waals surface area contributed by atoms with E-state index in [1.54, 1.807) is 0 Å². The number of aliphatic carboxylic acids is 1. The number of ether oxygens (including phenoxy) is 1. The van der Waals surface area contributed by atoms with Crippen molar-refractivity contribution in [1.82, 2.24) is 5.32 Å². The van der Waals surface area contributed by atoms with Crippen molar-refractivity contribution < 1.29 is 19.4 Å². The largest absolute Gasteiger partial charge is 0.482 e. The number of carboxylic acid groups (broad SMARTS) is 1. The van der Waals surface area contributed by atoms with Gasteiger partial charge < -0.3 is 15.2 Å². The predicted octanol–water partition coefficient (Wildman–Crippen LogP) is 3.03. The van der Waals surface area contributed by atoms with Crippen LogP contribution in [-0.4, -0.2) is 29.6 Å². The van der Waals surface area contributed by atoms with Crippen molar-refractivity contribution in [2.24, 2.45) is 11.8 Å². The number of carbonyl (C=O) groups is 2. The smallest absolute Gasteiger partial charge is 0.341 e. The molecule has 5 nitrogen and oxygen atoms in total. The summed E-state index contributed by atoms with van der Waals surface area (Å²) in [6.07, 6.45) is 2.78. The van der Waals surface area contributed by atoms with Crippen molar-refractivity contribution in [3.63, 3.8) is 0 Å². The summed E-state index contributed by atoms with van der Waals surface area (Å²) in [5, 5.41) is 11.9. The quantitative estimate of drug-likeness (QED) is 0.829. The lowest BCUT2D eigenvalue weighted by Gasteiger charge is -2.32. The molecule has 2 N–H and O–H groups in total. The Kier molecular flexibility index (Phi) is 6.09. The number of amides is 1. The van der Waals surface area contributed by atoms with E-state index < -0.39 is 5.97 Å². The minimum atomic E-state index is -0.980. The van der Waals surface area contributed by atoms with Crippen LogP contribution in [-0.2, 0) is 22.4 Å². The maximum atomic E-state index is 12.4. The van der Waals surface area contributed by atoms with E-state index in [1.807, 2.05) is 40.7 Å². The lowest BCUT2D eigenvalue weighted by atomic mass is 9.74. The first-order chi connectivity index (χ1) is 11.7. The molecule has 1 aliphatic rings. The van der Waals surface area contributed by atoms with Crippen LogP contribution in [0.2, 0.25) is 0 Å². The van der Waals surface area contributed by atoms with E-state index in [9.17, 15) is 9.59 Å². The van der Waals surface area contributed by atoms with Gasteiger partial charge in [0.2, 0.25) is 5.91 Å². The number of benzene rings is 1. The Balaban J connectivity index is 2.23. The van der Waals surface area contributed by atoms with Gasteiger partial charge in [-0.15, -0.1) is 0 Å². The second-order valence-corrected chi connectivity index (χ2v) is 7.41. The Morgan fingerprint density at radius 3 is 2.56 bits per heavy atom. The molecule has 0 heterocycles. The van der Waals surface area contributed by atoms with Gasteiger partial charge in [-0.25, -0.2) is 4.79 Å². The molecule has 0 aromatic heterocycles. The molecule has 138 valence electrons. The molecule has 0 radical (unpaired) electrons.